The SMILES string of the molecule is CCNC(=NCC1(OC)CCOCC1)NCC(Cc1ccccc1)c1ccccc1.I. The van der Waals surface area contributed by atoms with Gasteiger partial charge in [-0.2, -0.15) is 0 Å². The second-order valence-corrected chi connectivity index (χ2v) is 7.87. The topological polar surface area (TPSA) is 54.9 Å². The second-order valence-electron chi connectivity index (χ2n) is 7.87. The molecule has 1 heterocycles. The summed E-state index contributed by atoms with van der Waals surface area (Å²) in [5, 5.41) is 6.96. The highest BCUT2D eigenvalue weighted by Gasteiger charge is 2.32. The maximum atomic E-state index is 5.84. The summed E-state index contributed by atoms with van der Waals surface area (Å²) in [6, 6.07) is 21.4. The zero-order valence-electron chi connectivity index (χ0n) is 18.7. The van der Waals surface area contributed by atoms with Crippen LogP contribution in [-0.2, 0) is 15.9 Å². The lowest BCUT2D eigenvalue weighted by molar-refractivity contribution is -0.0828. The van der Waals surface area contributed by atoms with Gasteiger partial charge in [-0.05, 0) is 24.5 Å². The summed E-state index contributed by atoms with van der Waals surface area (Å²) in [5.41, 5.74) is 2.46. The van der Waals surface area contributed by atoms with Crippen LogP contribution in [0.1, 0.15) is 36.8 Å². The molecule has 1 saturated heterocycles. The Kier molecular flexibility index (Phi) is 11.3. The maximum Gasteiger partial charge on any atom is 0.191 e. The lowest BCUT2D eigenvalue weighted by Crippen LogP contribution is -2.44. The molecule has 1 aliphatic rings. The smallest absolute Gasteiger partial charge is 0.191 e. The van der Waals surface area contributed by atoms with Gasteiger partial charge in [-0.3, -0.25) is 4.99 Å². The van der Waals surface area contributed by atoms with Crippen molar-refractivity contribution in [2.24, 2.45) is 4.99 Å². The number of methoxy groups -OCH3 is 1. The normalized spacial score (nSPS) is 16.8. The highest BCUT2D eigenvalue weighted by Crippen LogP contribution is 2.25. The molecule has 2 aromatic rings. The van der Waals surface area contributed by atoms with Crippen LogP contribution in [0.4, 0.5) is 0 Å². The quantitative estimate of drug-likeness (QED) is 0.283. The van der Waals surface area contributed by atoms with Crippen molar-refractivity contribution in [2.45, 2.75) is 37.7 Å². The van der Waals surface area contributed by atoms with E-state index < -0.39 is 0 Å². The number of guanidine groups is 1. The summed E-state index contributed by atoms with van der Waals surface area (Å²) >= 11 is 0. The number of nitrogens with one attached hydrogen (secondary N) is 2. The van der Waals surface area contributed by atoms with Gasteiger partial charge in [0.05, 0.1) is 12.1 Å². The number of aliphatic imine (C=N–C) groups is 1. The van der Waals surface area contributed by atoms with Crippen LogP contribution in [0.25, 0.3) is 0 Å². The first-order valence-electron chi connectivity index (χ1n) is 11.0. The zero-order valence-corrected chi connectivity index (χ0v) is 21.0. The molecular weight excluding hydrogens is 501 g/mol. The third-order valence-electron chi connectivity index (χ3n) is 5.82. The Hall–Kier alpha value is -1.64. The largest absolute Gasteiger partial charge is 0.381 e. The molecule has 1 atom stereocenters. The minimum Gasteiger partial charge on any atom is -0.381 e. The molecule has 1 aliphatic heterocycles. The average molecular weight is 537 g/mol. The molecule has 170 valence electrons. The zero-order chi connectivity index (χ0) is 21.1. The summed E-state index contributed by atoms with van der Waals surface area (Å²) in [4.78, 5) is 4.87. The number of nitrogens with zero attached hydrogens (tertiary/aromatic N) is 1. The van der Waals surface area contributed by atoms with E-state index in [-0.39, 0.29) is 29.6 Å². The highest BCUT2D eigenvalue weighted by atomic mass is 127. The lowest BCUT2D eigenvalue weighted by Gasteiger charge is -2.34. The summed E-state index contributed by atoms with van der Waals surface area (Å²) in [5.74, 6) is 1.20. The molecule has 31 heavy (non-hydrogen) atoms. The second kappa shape index (κ2) is 13.7. The molecule has 0 spiro atoms. The van der Waals surface area contributed by atoms with Gasteiger partial charge in [0.1, 0.15) is 0 Å². The minimum atomic E-state index is -0.219. The predicted octanol–water partition coefficient (Wildman–Crippen LogP) is 4.38. The molecule has 0 aromatic heterocycles. The molecule has 0 saturated carbocycles. The molecule has 3 rings (SSSR count). The molecule has 2 aromatic carbocycles. The van der Waals surface area contributed by atoms with Gasteiger partial charge in [-0.25, -0.2) is 0 Å². The summed E-state index contributed by atoms with van der Waals surface area (Å²) in [6.45, 7) is 5.84. The number of halogens is 1. The molecule has 0 aliphatic carbocycles. The Labute approximate surface area is 204 Å². The fourth-order valence-corrected chi connectivity index (χ4v) is 3.89. The van der Waals surface area contributed by atoms with Gasteiger partial charge in [-0.1, -0.05) is 60.7 Å². The van der Waals surface area contributed by atoms with E-state index in [9.17, 15) is 0 Å². The number of ether oxygens (including phenoxy) is 2. The van der Waals surface area contributed by atoms with Crippen LogP contribution in [0.2, 0.25) is 0 Å². The minimum absolute atomic E-state index is 0. The molecule has 0 bridgehead atoms. The van der Waals surface area contributed by atoms with Crippen LogP contribution in [0.5, 0.6) is 0 Å². The number of hydrogen-bond donors (Lipinski definition) is 2. The highest BCUT2D eigenvalue weighted by molar-refractivity contribution is 14.0. The molecule has 0 radical (unpaired) electrons. The van der Waals surface area contributed by atoms with Crippen molar-refractivity contribution in [3.63, 3.8) is 0 Å². The summed E-state index contributed by atoms with van der Waals surface area (Å²) in [7, 11) is 1.78. The van der Waals surface area contributed by atoms with E-state index in [2.05, 4.69) is 78.2 Å². The van der Waals surface area contributed by atoms with Crippen LogP contribution < -0.4 is 10.6 Å². The van der Waals surface area contributed by atoms with Crippen molar-refractivity contribution in [1.29, 1.82) is 0 Å². The number of rotatable bonds is 9. The van der Waals surface area contributed by atoms with Crippen LogP contribution in [-0.4, -0.2) is 51.5 Å². The lowest BCUT2D eigenvalue weighted by atomic mass is 9.92. The van der Waals surface area contributed by atoms with E-state index in [4.69, 9.17) is 14.5 Å². The third-order valence-corrected chi connectivity index (χ3v) is 5.82. The van der Waals surface area contributed by atoms with Crippen LogP contribution in [0.3, 0.4) is 0 Å². The Morgan fingerprint density at radius 3 is 2.29 bits per heavy atom. The van der Waals surface area contributed by atoms with Crippen molar-refractivity contribution in [1.82, 2.24) is 10.6 Å². The van der Waals surface area contributed by atoms with E-state index in [1.165, 1.54) is 11.1 Å². The van der Waals surface area contributed by atoms with Crippen molar-refractivity contribution in [3.8, 4) is 0 Å². The van der Waals surface area contributed by atoms with Gasteiger partial charge in [0, 0.05) is 52.2 Å². The van der Waals surface area contributed by atoms with Gasteiger partial charge in [-0.15, -0.1) is 24.0 Å². The molecule has 2 N–H and O–H groups in total. The van der Waals surface area contributed by atoms with Gasteiger partial charge in [0.15, 0.2) is 5.96 Å². The monoisotopic (exact) mass is 537 g/mol. The van der Waals surface area contributed by atoms with Crippen LogP contribution in [0, 0.1) is 0 Å². The molecule has 0 amide bonds. The first kappa shape index (κ1) is 25.6. The fourth-order valence-electron chi connectivity index (χ4n) is 3.89. The van der Waals surface area contributed by atoms with Gasteiger partial charge >= 0.3 is 0 Å². The molecule has 6 heteroatoms. The van der Waals surface area contributed by atoms with E-state index in [0.717, 1.165) is 51.5 Å². The molecule has 1 unspecified atom stereocenters. The first-order valence-corrected chi connectivity index (χ1v) is 11.0. The van der Waals surface area contributed by atoms with Gasteiger partial charge in [0.2, 0.25) is 0 Å². The van der Waals surface area contributed by atoms with E-state index in [1.807, 2.05) is 0 Å². The van der Waals surface area contributed by atoms with E-state index in [1.54, 1.807) is 7.11 Å². The fraction of sp³-hybridized carbons (Fsp3) is 0.480. The van der Waals surface area contributed by atoms with Gasteiger partial charge < -0.3 is 20.1 Å². The van der Waals surface area contributed by atoms with Crippen molar-refractivity contribution in [3.05, 3.63) is 71.8 Å². The molecular formula is C25H36IN3O2. The third kappa shape index (κ3) is 8.09. The van der Waals surface area contributed by atoms with Crippen molar-refractivity contribution in [2.75, 3.05) is 40.0 Å². The number of hydrogen-bond acceptors (Lipinski definition) is 3. The maximum absolute atomic E-state index is 5.84. The average Bonchev–Trinajstić information content (AvgIpc) is 2.82. The summed E-state index contributed by atoms with van der Waals surface area (Å²) < 4.78 is 11.3. The Balaban J connectivity index is 0.00000341. The standard InChI is InChI=1S/C25H35N3O2.HI/c1-3-26-24(28-20-25(29-2)14-16-30-17-15-25)27-19-23(22-12-8-5-9-13-22)18-21-10-6-4-7-11-21;/h4-13,23H,3,14-20H2,1-2H3,(H2,26,27,28);1H. The Morgan fingerprint density at radius 2 is 1.68 bits per heavy atom. The van der Waals surface area contributed by atoms with Crippen molar-refractivity contribution < 1.29 is 9.47 Å². The van der Waals surface area contributed by atoms with Crippen LogP contribution in [0.15, 0.2) is 65.7 Å². The predicted molar refractivity (Wildman–Crippen MR) is 139 cm³/mol. The Morgan fingerprint density at radius 1 is 1.03 bits per heavy atom. The first-order chi connectivity index (χ1) is 14.7. The molecule has 1 fully saturated rings. The van der Waals surface area contributed by atoms with E-state index >= 15 is 0 Å². The summed E-state index contributed by atoms with van der Waals surface area (Å²) in [6.07, 6.45) is 2.75. The number of benzene rings is 2. The molecule has 5 nitrogen and oxygen atoms in total. The van der Waals surface area contributed by atoms with Crippen LogP contribution >= 0.6 is 24.0 Å². The van der Waals surface area contributed by atoms with Gasteiger partial charge in [0.25, 0.3) is 0 Å². The van der Waals surface area contributed by atoms with E-state index in [0.29, 0.717) is 12.5 Å². The van der Waals surface area contributed by atoms with Crippen molar-refractivity contribution >= 4 is 29.9 Å². The Bertz CT molecular complexity index is 765.